The molecule has 0 spiro atoms. The van der Waals surface area contributed by atoms with Crippen LogP contribution in [0.5, 0.6) is 0 Å². The number of hydrogen-bond acceptors (Lipinski definition) is 2. The fourth-order valence-corrected chi connectivity index (χ4v) is 2.04. The van der Waals surface area contributed by atoms with Crippen molar-refractivity contribution in [3.05, 3.63) is 48.0 Å². The van der Waals surface area contributed by atoms with Crippen LogP contribution in [-0.2, 0) is 22.2 Å². The van der Waals surface area contributed by atoms with Gasteiger partial charge in [-0.15, -0.1) is 6.58 Å². The summed E-state index contributed by atoms with van der Waals surface area (Å²) in [5.41, 5.74) is 4.61. The second-order valence-corrected chi connectivity index (χ2v) is 5.12. The average Bonchev–Trinajstić information content (AvgIpc) is 2.45. The highest BCUT2D eigenvalue weighted by molar-refractivity contribution is 5.87. The van der Waals surface area contributed by atoms with Gasteiger partial charge in [0.05, 0.1) is 12.0 Å². The Labute approximate surface area is 132 Å². The summed E-state index contributed by atoms with van der Waals surface area (Å²) in [6.07, 6.45) is -1.38. The molecule has 0 fully saturated rings. The van der Waals surface area contributed by atoms with Crippen molar-refractivity contribution >= 4 is 11.8 Å². The number of halogens is 3. The van der Waals surface area contributed by atoms with Crippen LogP contribution >= 0.6 is 0 Å². The van der Waals surface area contributed by atoms with Crippen LogP contribution in [0.15, 0.2) is 36.9 Å². The molecular weight excluding hydrogens is 309 g/mol. The number of nitrogens with two attached hydrogens (primary N) is 1. The fourth-order valence-electron chi connectivity index (χ4n) is 2.04. The molecule has 0 aliphatic heterocycles. The summed E-state index contributed by atoms with van der Waals surface area (Å²) in [5.74, 6) is -1.22. The van der Waals surface area contributed by atoms with Gasteiger partial charge in [-0.05, 0) is 30.9 Å². The number of alkyl halides is 3. The second-order valence-electron chi connectivity index (χ2n) is 5.12. The van der Waals surface area contributed by atoms with E-state index in [9.17, 15) is 22.8 Å². The van der Waals surface area contributed by atoms with Gasteiger partial charge in [0.2, 0.25) is 11.8 Å². The molecule has 0 bridgehead atoms. The van der Waals surface area contributed by atoms with Gasteiger partial charge >= 0.3 is 6.18 Å². The lowest BCUT2D eigenvalue weighted by atomic mass is 10.1. The van der Waals surface area contributed by atoms with Crippen LogP contribution in [0.25, 0.3) is 0 Å². The molecule has 1 atom stereocenters. The number of nitrogens with one attached hydrogen (secondary N) is 1. The van der Waals surface area contributed by atoms with Crippen molar-refractivity contribution in [3.63, 3.8) is 0 Å². The largest absolute Gasteiger partial charge is 0.416 e. The summed E-state index contributed by atoms with van der Waals surface area (Å²) in [5, 5.41) is 2.45. The molecule has 1 aromatic carbocycles. The van der Waals surface area contributed by atoms with Crippen LogP contribution in [-0.4, -0.2) is 17.9 Å². The molecule has 0 aromatic heterocycles. The predicted molar refractivity (Wildman–Crippen MR) is 80.3 cm³/mol. The number of unbranched alkanes of at least 4 members (excludes halogenated alkanes) is 1. The standard InChI is InChI=1S/C16H19F3N2O2/c1-2-3-4-8-13(15(20)23)21-14(22)10-11-6-5-7-12(9-11)16(17,18)19/h2,5-7,9,13H,1,3-4,8,10H2,(H2,20,23)(H,21,22)/t13-/m0/s1. The van der Waals surface area contributed by atoms with E-state index in [4.69, 9.17) is 5.73 Å². The van der Waals surface area contributed by atoms with E-state index in [1.807, 2.05) is 0 Å². The van der Waals surface area contributed by atoms with Crippen LogP contribution < -0.4 is 11.1 Å². The predicted octanol–water partition coefficient (Wildman–Crippen LogP) is 2.57. The van der Waals surface area contributed by atoms with E-state index in [2.05, 4.69) is 11.9 Å². The number of rotatable bonds is 8. The lowest BCUT2D eigenvalue weighted by Crippen LogP contribution is -2.44. The molecule has 0 radical (unpaired) electrons. The number of allylic oxidation sites excluding steroid dienone is 1. The van der Waals surface area contributed by atoms with Crippen molar-refractivity contribution in [1.29, 1.82) is 0 Å². The molecule has 4 nitrogen and oxygen atoms in total. The Bertz CT molecular complexity index is 571. The SMILES string of the molecule is C=CCCC[C@H](NC(=O)Cc1cccc(C(F)(F)F)c1)C(N)=O. The van der Waals surface area contributed by atoms with Crippen molar-refractivity contribution in [3.8, 4) is 0 Å². The monoisotopic (exact) mass is 328 g/mol. The van der Waals surface area contributed by atoms with Gasteiger partial charge < -0.3 is 11.1 Å². The van der Waals surface area contributed by atoms with Crippen LogP contribution in [0.3, 0.4) is 0 Å². The number of amides is 2. The third-order valence-electron chi connectivity index (χ3n) is 3.20. The van der Waals surface area contributed by atoms with Gasteiger partial charge in [-0.1, -0.05) is 24.3 Å². The molecule has 126 valence electrons. The number of carbonyl (C=O) groups is 2. The van der Waals surface area contributed by atoms with Gasteiger partial charge in [-0.25, -0.2) is 0 Å². The van der Waals surface area contributed by atoms with Gasteiger partial charge in [-0.2, -0.15) is 13.2 Å². The molecular formula is C16H19F3N2O2. The van der Waals surface area contributed by atoms with Crippen LogP contribution in [0.4, 0.5) is 13.2 Å². The molecule has 3 N–H and O–H groups in total. The highest BCUT2D eigenvalue weighted by Gasteiger charge is 2.30. The maximum absolute atomic E-state index is 12.6. The molecule has 0 aliphatic rings. The van der Waals surface area contributed by atoms with E-state index in [0.29, 0.717) is 19.3 Å². The van der Waals surface area contributed by atoms with E-state index in [1.54, 1.807) is 6.08 Å². The highest BCUT2D eigenvalue weighted by Crippen LogP contribution is 2.29. The van der Waals surface area contributed by atoms with Crippen LogP contribution in [0, 0.1) is 0 Å². The smallest absolute Gasteiger partial charge is 0.368 e. The van der Waals surface area contributed by atoms with Gasteiger partial charge in [0.15, 0.2) is 0 Å². The second kappa shape index (κ2) is 8.36. The van der Waals surface area contributed by atoms with E-state index in [-0.39, 0.29) is 12.0 Å². The van der Waals surface area contributed by atoms with Gasteiger partial charge in [0.25, 0.3) is 0 Å². The average molecular weight is 328 g/mol. The number of hydrogen-bond donors (Lipinski definition) is 2. The molecule has 7 heteroatoms. The number of primary amides is 1. The topological polar surface area (TPSA) is 72.2 Å². The molecule has 1 rings (SSSR count). The summed E-state index contributed by atoms with van der Waals surface area (Å²) >= 11 is 0. The van der Waals surface area contributed by atoms with Crippen molar-refractivity contribution < 1.29 is 22.8 Å². The Morgan fingerprint density at radius 1 is 1.35 bits per heavy atom. The first kappa shape index (κ1) is 18.7. The minimum absolute atomic E-state index is 0.214. The van der Waals surface area contributed by atoms with Crippen molar-refractivity contribution in [1.82, 2.24) is 5.32 Å². The Morgan fingerprint density at radius 3 is 2.61 bits per heavy atom. The first-order valence-corrected chi connectivity index (χ1v) is 7.09. The number of carbonyl (C=O) groups excluding carboxylic acids is 2. The molecule has 1 aromatic rings. The Kier molecular flexibility index (Phi) is 6.81. The summed E-state index contributed by atoms with van der Waals surface area (Å²) in [7, 11) is 0. The molecule has 0 aliphatic carbocycles. The molecule has 0 heterocycles. The molecule has 2 amide bonds. The van der Waals surface area contributed by atoms with Crippen molar-refractivity contribution in [2.75, 3.05) is 0 Å². The highest BCUT2D eigenvalue weighted by atomic mass is 19.4. The van der Waals surface area contributed by atoms with Crippen LogP contribution in [0.1, 0.15) is 30.4 Å². The van der Waals surface area contributed by atoms with Gasteiger partial charge in [0.1, 0.15) is 6.04 Å². The van der Waals surface area contributed by atoms with Crippen LogP contribution in [0.2, 0.25) is 0 Å². The van der Waals surface area contributed by atoms with E-state index < -0.39 is 29.6 Å². The van der Waals surface area contributed by atoms with Crippen molar-refractivity contribution in [2.45, 2.75) is 37.9 Å². The maximum Gasteiger partial charge on any atom is 0.416 e. The summed E-state index contributed by atoms with van der Waals surface area (Å²) in [6.45, 7) is 3.55. The minimum Gasteiger partial charge on any atom is -0.368 e. The van der Waals surface area contributed by atoms with E-state index in [0.717, 1.165) is 12.1 Å². The quantitative estimate of drug-likeness (QED) is 0.569. The lowest BCUT2D eigenvalue weighted by molar-refractivity contribution is -0.137. The molecule has 23 heavy (non-hydrogen) atoms. The minimum atomic E-state index is -4.47. The summed E-state index contributed by atoms with van der Waals surface area (Å²) in [4.78, 5) is 23.2. The lowest BCUT2D eigenvalue weighted by Gasteiger charge is -2.15. The van der Waals surface area contributed by atoms with Gasteiger partial charge in [-0.3, -0.25) is 9.59 Å². The normalized spacial score (nSPS) is 12.5. The summed E-state index contributed by atoms with van der Waals surface area (Å²) in [6, 6.07) is 3.67. The first-order valence-electron chi connectivity index (χ1n) is 7.09. The Balaban J connectivity index is 2.67. The maximum atomic E-state index is 12.6. The Hall–Kier alpha value is -2.31. The fraction of sp³-hybridized carbons (Fsp3) is 0.375. The van der Waals surface area contributed by atoms with Gasteiger partial charge in [0, 0.05) is 0 Å². The number of benzene rings is 1. The zero-order valence-electron chi connectivity index (χ0n) is 12.5. The van der Waals surface area contributed by atoms with Crippen molar-refractivity contribution in [2.24, 2.45) is 5.73 Å². The van der Waals surface area contributed by atoms with E-state index in [1.165, 1.54) is 12.1 Å². The van der Waals surface area contributed by atoms with E-state index >= 15 is 0 Å². The Morgan fingerprint density at radius 2 is 2.04 bits per heavy atom. The molecule has 0 saturated carbocycles. The zero-order valence-corrected chi connectivity index (χ0v) is 12.5. The third-order valence-corrected chi connectivity index (χ3v) is 3.20. The third kappa shape index (κ3) is 6.54. The zero-order chi connectivity index (χ0) is 17.5. The molecule has 0 unspecified atom stereocenters. The first-order chi connectivity index (χ1) is 10.7. The molecule has 0 saturated heterocycles. The summed E-state index contributed by atoms with van der Waals surface area (Å²) < 4.78 is 37.9.